The summed E-state index contributed by atoms with van der Waals surface area (Å²) in [5, 5.41) is 0.835. The van der Waals surface area contributed by atoms with Gasteiger partial charge in [-0.15, -0.1) is 0 Å². The third-order valence-corrected chi connectivity index (χ3v) is 7.93. The Morgan fingerprint density at radius 3 is 2.23 bits per heavy atom. The van der Waals surface area contributed by atoms with E-state index < -0.39 is 5.82 Å². The van der Waals surface area contributed by atoms with Crippen molar-refractivity contribution in [1.82, 2.24) is 9.88 Å². The molecule has 0 N–H and O–H groups in total. The molecule has 0 amide bonds. The smallest absolute Gasteiger partial charge is 0.167 e. The van der Waals surface area contributed by atoms with Crippen LogP contribution in [0.1, 0.15) is 138 Å². The van der Waals surface area contributed by atoms with Crippen LogP contribution in [0, 0.1) is 11.7 Å². The van der Waals surface area contributed by atoms with Crippen LogP contribution in [0.5, 0.6) is 5.75 Å². The molecular weight excluding hydrogens is 583 g/mol. The molecule has 0 saturated heterocycles. The molecule has 6 heteroatoms. The molecule has 0 saturated carbocycles. The lowest BCUT2D eigenvalue weighted by atomic mass is 9.99. The highest BCUT2D eigenvalue weighted by atomic mass is 19.1. The van der Waals surface area contributed by atoms with Crippen LogP contribution in [0.15, 0.2) is 52.2 Å². The lowest BCUT2D eigenvalue weighted by Gasteiger charge is -2.14. The van der Waals surface area contributed by atoms with Gasteiger partial charge >= 0.3 is 0 Å². The zero-order valence-electron chi connectivity index (χ0n) is 32.1. The Bertz CT molecular complexity index is 1200. The molecule has 0 bridgehead atoms. The second kappa shape index (κ2) is 28.2. The largest absolute Gasteiger partial charge is 0.494 e. The number of pyridine rings is 1. The van der Waals surface area contributed by atoms with Gasteiger partial charge in [-0.05, 0) is 94.1 Å². The van der Waals surface area contributed by atoms with Crippen LogP contribution in [-0.2, 0) is 0 Å². The van der Waals surface area contributed by atoms with Gasteiger partial charge in [-0.3, -0.25) is 15.0 Å². The summed E-state index contributed by atoms with van der Waals surface area (Å²) in [6.45, 7) is 20.1. The molecule has 2 aromatic rings. The van der Waals surface area contributed by atoms with Crippen molar-refractivity contribution >= 4 is 28.4 Å². The number of unbranched alkanes of at least 4 members (excludes halogenated alkanes) is 4. The molecule has 47 heavy (non-hydrogen) atoms. The SMILES string of the molecule is CCCC(/C=C(/C)C=NC)=N/C=C(\C)c1ccnc2cc(F)c(OC)cc12.CCCCCC(C)CCC.CCCCCN(C)CCC. The van der Waals surface area contributed by atoms with Crippen LogP contribution in [0.2, 0.25) is 0 Å². The predicted molar refractivity (Wildman–Crippen MR) is 208 cm³/mol. The molecule has 0 aliphatic carbocycles. The first-order chi connectivity index (χ1) is 22.6. The van der Waals surface area contributed by atoms with Gasteiger partial charge < -0.3 is 9.64 Å². The van der Waals surface area contributed by atoms with Crippen LogP contribution in [0.25, 0.3) is 16.5 Å². The van der Waals surface area contributed by atoms with Gasteiger partial charge in [-0.25, -0.2) is 4.39 Å². The van der Waals surface area contributed by atoms with Gasteiger partial charge in [0.15, 0.2) is 11.6 Å². The molecule has 0 fully saturated rings. The second-order valence-corrected chi connectivity index (χ2v) is 12.7. The van der Waals surface area contributed by atoms with Gasteiger partial charge in [0.1, 0.15) is 0 Å². The van der Waals surface area contributed by atoms with E-state index in [0.29, 0.717) is 5.52 Å². The van der Waals surface area contributed by atoms with Crippen molar-refractivity contribution in [3.8, 4) is 5.75 Å². The third kappa shape index (κ3) is 20.2. The minimum atomic E-state index is -0.419. The molecule has 1 aromatic heterocycles. The number of aromatic nitrogens is 1. The van der Waals surface area contributed by atoms with Crippen LogP contribution in [-0.4, -0.2) is 56.1 Å². The number of allylic oxidation sites excluding steroid dienone is 3. The monoisotopic (exact) mass is 653 g/mol. The van der Waals surface area contributed by atoms with Crippen molar-refractivity contribution in [3.05, 3.63) is 53.6 Å². The van der Waals surface area contributed by atoms with Crippen molar-refractivity contribution in [2.24, 2.45) is 15.9 Å². The fraction of sp³-hybridized carbons (Fsp3) is 0.634. The summed E-state index contributed by atoms with van der Waals surface area (Å²) in [6.07, 6.45) is 23.1. The first-order valence-corrected chi connectivity index (χ1v) is 18.3. The van der Waals surface area contributed by atoms with E-state index >= 15 is 0 Å². The number of ether oxygens (including phenoxy) is 1. The topological polar surface area (TPSA) is 50.1 Å². The lowest BCUT2D eigenvalue weighted by molar-refractivity contribution is 0.326. The molecule has 0 aliphatic heterocycles. The summed E-state index contributed by atoms with van der Waals surface area (Å²) in [7, 11) is 5.42. The van der Waals surface area contributed by atoms with Crippen molar-refractivity contribution in [2.75, 3.05) is 34.3 Å². The fourth-order valence-electron chi connectivity index (χ4n) is 5.34. The van der Waals surface area contributed by atoms with E-state index in [1.54, 1.807) is 19.3 Å². The van der Waals surface area contributed by atoms with E-state index in [4.69, 9.17) is 4.74 Å². The average molecular weight is 653 g/mol. The van der Waals surface area contributed by atoms with Crippen molar-refractivity contribution in [1.29, 1.82) is 0 Å². The number of hydrogen-bond donors (Lipinski definition) is 0. The number of hydrogen-bond acceptors (Lipinski definition) is 5. The predicted octanol–water partition coefficient (Wildman–Crippen LogP) is 12.2. The van der Waals surface area contributed by atoms with Gasteiger partial charge in [-0.2, -0.15) is 0 Å². The van der Waals surface area contributed by atoms with E-state index in [2.05, 4.69) is 68.5 Å². The molecule has 266 valence electrons. The minimum Gasteiger partial charge on any atom is -0.494 e. The maximum atomic E-state index is 14.0. The summed E-state index contributed by atoms with van der Waals surface area (Å²) < 4.78 is 19.1. The molecular formula is C41H69FN4O. The molecule has 1 heterocycles. The Morgan fingerprint density at radius 1 is 0.936 bits per heavy atom. The summed E-state index contributed by atoms with van der Waals surface area (Å²) in [5.74, 6) is 0.756. The molecule has 0 spiro atoms. The van der Waals surface area contributed by atoms with Crippen molar-refractivity contribution in [3.63, 3.8) is 0 Å². The second-order valence-electron chi connectivity index (χ2n) is 12.7. The van der Waals surface area contributed by atoms with Crippen LogP contribution in [0.3, 0.4) is 0 Å². The molecule has 2 rings (SSSR count). The third-order valence-electron chi connectivity index (χ3n) is 7.93. The van der Waals surface area contributed by atoms with Crippen molar-refractivity contribution < 1.29 is 9.13 Å². The summed E-state index contributed by atoms with van der Waals surface area (Å²) in [6, 6.07) is 4.99. The Morgan fingerprint density at radius 2 is 1.64 bits per heavy atom. The van der Waals surface area contributed by atoms with Crippen LogP contribution in [0.4, 0.5) is 4.39 Å². The number of nitrogens with zero attached hydrogens (tertiary/aromatic N) is 4. The number of aliphatic imine (C=N–C) groups is 2. The highest BCUT2D eigenvalue weighted by Gasteiger charge is 2.10. The normalized spacial score (nSPS) is 13.0. The first kappa shape index (κ1) is 44.1. The van der Waals surface area contributed by atoms with E-state index in [1.165, 1.54) is 90.5 Å². The molecule has 5 nitrogen and oxygen atoms in total. The zero-order valence-corrected chi connectivity index (χ0v) is 32.1. The van der Waals surface area contributed by atoms with Gasteiger partial charge in [0.2, 0.25) is 0 Å². The van der Waals surface area contributed by atoms with Crippen molar-refractivity contribution in [2.45, 2.75) is 132 Å². The lowest BCUT2D eigenvalue weighted by Crippen LogP contribution is -2.20. The highest BCUT2D eigenvalue weighted by Crippen LogP contribution is 2.29. The molecule has 0 aliphatic rings. The van der Waals surface area contributed by atoms with Crippen LogP contribution >= 0.6 is 0 Å². The number of benzene rings is 1. The minimum absolute atomic E-state index is 0.206. The standard InChI is InChI=1S/C22H26FN3O.C10H22.C9H21N/c1-6-7-17(10-15(2)13-24-4)26-14-16(3)18-8-9-25-21-12-20(23)22(27-5)11-19(18)21;2*1-4-6-7-9-10(3)8-5-2/h8-14H,6-7H2,1-5H3;10H,4-9H2,1-3H3;4-9H2,1-3H3/b15-10-,16-14+,24-13?,26-17-;;. The Balaban J connectivity index is 0.000000868. The fourth-order valence-corrected chi connectivity index (χ4v) is 5.34. The maximum Gasteiger partial charge on any atom is 0.167 e. The van der Waals surface area contributed by atoms with E-state index in [0.717, 1.165) is 46.6 Å². The summed E-state index contributed by atoms with van der Waals surface area (Å²) in [4.78, 5) is 15.4. The van der Waals surface area contributed by atoms with Crippen LogP contribution < -0.4 is 4.74 Å². The Hall–Kier alpha value is -2.86. The summed E-state index contributed by atoms with van der Waals surface area (Å²) in [5.41, 5.74) is 4.57. The Kier molecular flexibility index (Phi) is 26.5. The highest BCUT2D eigenvalue weighted by molar-refractivity contribution is 6.00. The zero-order chi connectivity index (χ0) is 35.5. The molecule has 1 atom stereocenters. The number of halogens is 1. The van der Waals surface area contributed by atoms with Gasteiger partial charge in [0, 0.05) is 42.8 Å². The van der Waals surface area contributed by atoms with Gasteiger partial charge in [0.05, 0.1) is 12.6 Å². The number of methoxy groups -OCH3 is 1. The summed E-state index contributed by atoms with van der Waals surface area (Å²) >= 11 is 0. The molecule has 0 radical (unpaired) electrons. The van der Waals surface area contributed by atoms with E-state index in [1.807, 2.05) is 38.4 Å². The number of fused-ring (bicyclic) bond motifs is 1. The van der Waals surface area contributed by atoms with E-state index in [-0.39, 0.29) is 5.75 Å². The van der Waals surface area contributed by atoms with Gasteiger partial charge in [0.25, 0.3) is 0 Å². The average Bonchev–Trinajstić information content (AvgIpc) is 3.04. The van der Waals surface area contributed by atoms with E-state index in [9.17, 15) is 4.39 Å². The molecule has 1 aromatic carbocycles. The maximum absolute atomic E-state index is 14.0. The quantitative estimate of drug-likeness (QED) is 0.112. The van der Waals surface area contributed by atoms with Gasteiger partial charge in [-0.1, -0.05) is 99.3 Å². The number of rotatable bonds is 19. The first-order valence-electron chi connectivity index (χ1n) is 18.3. The molecule has 1 unspecified atom stereocenters. The Labute approximate surface area is 288 Å².